The third kappa shape index (κ3) is 2.51. The van der Waals surface area contributed by atoms with Crippen molar-refractivity contribution in [1.82, 2.24) is 0 Å². The van der Waals surface area contributed by atoms with Gasteiger partial charge in [-0.2, -0.15) is 0 Å². The fourth-order valence-corrected chi connectivity index (χ4v) is 1.95. The Balaban J connectivity index is 4.81. The SMILES string of the molecule is CBCC(C)(C)C(C)(C)C(C)(C)C. The zero-order valence-electron chi connectivity index (χ0n) is 10.9. The lowest BCUT2D eigenvalue weighted by Gasteiger charge is -2.51. The summed E-state index contributed by atoms with van der Waals surface area (Å²) >= 11 is 0. The lowest BCUT2D eigenvalue weighted by molar-refractivity contribution is 0.00588. The standard InChI is InChI=1S/C12H27B/c1-10(2,3)12(6,7)11(4,5)9-13-8/h13H,9H2,1-8H3. The summed E-state index contributed by atoms with van der Waals surface area (Å²) in [4.78, 5) is 0. The second-order valence-electron chi connectivity index (χ2n) is 6.51. The van der Waals surface area contributed by atoms with Crippen LogP contribution in [-0.2, 0) is 0 Å². The largest absolute Gasteiger partial charge is 0.118 e. The Kier molecular flexibility index (Phi) is 3.69. The van der Waals surface area contributed by atoms with E-state index in [2.05, 4.69) is 55.3 Å². The Morgan fingerprint density at radius 3 is 1.46 bits per heavy atom. The molecular weight excluding hydrogens is 155 g/mol. The van der Waals surface area contributed by atoms with Gasteiger partial charge in [-0.1, -0.05) is 61.6 Å². The molecule has 0 radical (unpaired) electrons. The van der Waals surface area contributed by atoms with Crippen LogP contribution in [0.2, 0.25) is 13.1 Å². The van der Waals surface area contributed by atoms with Crippen molar-refractivity contribution in [1.29, 1.82) is 0 Å². The number of hydrogen-bond donors (Lipinski definition) is 0. The monoisotopic (exact) mass is 182 g/mol. The first-order chi connectivity index (χ1) is 5.56. The summed E-state index contributed by atoms with van der Waals surface area (Å²) < 4.78 is 0. The van der Waals surface area contributed by atoms with Crippen molar-refractivity contribution >= 4 is 7.28 Å². The van der Waals surface area contributed by atoms with Crippen molar-refractivity contribution < 1.29 is 0 Å². The zero-order valence-corrected chi connectivity index (χ0v) is 10.9. The molecule has 0 spiro atoms. The van der Waals surface area contributed by atoms with E-state index >= 15 is 0 Å². The summed E-state index contributed by atoms with van der Waals surface area (Å²) in [6.45, 7) is 19.0. The molecule has 78 valence electrons. The summed E-state index contributed by atoms with van der Waals surface area (Å²) in [6.07, 6.45) is 1.32. The van der Waals surface area contributed by atoms with Gasteiger partial charge in [-0.3, -0.25) is 0 Å². The molecule has 0 atom stereocenters. The van der Waals surface area contributed by atoms with Crippen molar-refractivity contribution in [2.24, 2.45) is 16.2 Å². The highest BCUT2D eigenvalue weighted by Gasteiger charge is 2.44. The first-order valence-electron chi connectivity index (χ1n) is 5.56. The van der Waals surface area contributed by atoms with Gasteiger partial charge in [0, 0.05) is 0 Å². The Morgan fingerprint density at radius 1 is 0.846 bits per heavy atom. The van der Waals surface area contributed by atoms with E-state index in [1.807, 2.05) is 0 Å². The van der Waals surface area contributed by atoms with Crippen LogP contribution < -0.4 is 0 Å². The van der Waals surface area contributed by atoms with Crippen LogP contribution in [0.5, 0.6) is 0 Å². The van der Waals surface area contributed by atoms with Gasteiger partial charge < -0.3 is 0 Å². The molecule has 0 saturated carbocycles. The minimum atomic E-state index is 0.381. The van der Waals surface area contributed by atoms with Crippen LogP contribution in [0.15, 0.2) is 0 Å². The number of hydrogen-bond acceptors (Lipinski definition) is 0. The highest BCUT2D eigenvalue weighted by Crippen LogP contribution is 2.52. The normalized spacial score (nSPS) is 14.5. The van der Waals surface area contributed by atoms with E-state index in [9.17, 15) is 0 Å². The third-order valence-electron chi connectivity index (χ3n) is 4.44. The van der Waals surface area contributed by atoms with E-state index < -0.39 is 0 Å². The Morgan fingerprint density at radius 2 is 1.23 bits per heavy atom. The molecule has 0 nitrogen and oxygen atoms in total. The minimum Gasteiger partial charge on any atom is -0.0893 e. The minimum absolute atomic E-state index is 0.381. The molecule has 0 aliphatic rings. The van der Waals surface area contributed by atoms with Crippen molar-refractivity contribution in [2.75, 3.05) is 0 Å². The van der Waals surface area contributed by atoms with E-state index in [-0.39, 0.29) is 0 Å². The lowest BCUT2D eigenvalue weighted by Crippen LogP contribution is -2.43. The van der Waals surface area contributed by atoms with Gasteiger partial charge in [-0.15, -0.1) is 0 Å². The highest BCUT2D eigenvalue weighted by molar-refractivity contribution is 6.33. The molecule has 0 amide bonds. The molecule has 0 aromatic heterocycles. The van der Waals surface area contributed by atoms with E-state index in [1.54, 1.807) is 0 Å². The van der Waals surface area contributed by atoms with E-state index in [0.29, 0.717) is 16.2 Å². The van der Waals surface area contributed by atoms with E-state index in [4.69, 9.17) is 0 Å². The van der Waals surface area contributed by atoms with Gasteiger partial charge >= 0.3 is 0 Å². The quantitative estimate of drug-likeness (QED) is 0.579. The second-order valence-corrected chi connectivity index (χ2v) is 6.51. The molecule has 0 N–H and O–H groups in total. The predicted octanol–water partition coefficient (Wildman–Crippen LogP) is 3.99. The molecule has 0 bridgehead atoms. The van der Waals surface area contributed by atoms with E-state index in [0.717, 1.165) is 0 Å². The van der Waals surface area contributed by atoms with Gasteiger partial charge in [0.25, 0.3) is 0 Å². The number of rotatable bonds is 3. The predicted molar refractivity (Wildman–Crippen MR) is 64.8 cm³/mol. The van der Waals surface area contributed by atoms with Crippen LogP contribution in [0.1, 0.15) is 48.5 Å². The first-order valence-corrected chi connectivity index (χ1v) is 5.56. The molecule has 0 aromatic rings. The average molecular weight is 182 g/mol. The van der Waals surface area contributed by atoms with E-state index in [1.165, 1.54) is 13.6 Å². The topological polar surface area (TPSA) is 0 Å². The Labute approximate surface area is 85.7 Å². The summed E-state index contributed by atoms with van der Waals surface area (Å²) in [7, 11) is 1.28. The molecule has 13 heavy (non-hydrogen) atoms. The van der Waals surface area contributed by atoms with Crippen LogP contribution in [0.25, 0.3) is 0 Å². The molecular formula is C12H27B. The van der Waals surface area contributed by atoms with Crippen molar-refractivity contribution in [2.45, 2.75) is 61.6 Å². The van der Waals surface area contributed by atoms with Crippen LogP contribution in [-0.4, -0.2) is 7.28 Å². The van der Waals surface area contributed by atoms with Crippen LogP contribution >= 0.6 is 0 Å². The smallest absolute Gasteiger partial charge is 0.0893 e. The average Bonchev–Trinajstić information content (AvgIpc) is 1.84. The summed E-state index contributed by atoms with van der Waals surface area (Å²) in [5, 5.41) is 0. The molecule has 0 fully saturated rings. The van der Waals surface area contributed by atoms with Gasteiger partial charge in [0.05, 0.1) is 0 Å². The maximum atomic E-state index is 2.41. The lowest BCUT2D eigenvalue weighted by atomic mass is 9.49. The maximum absolute atomic E-state index is 2.41. The fraction of sp³-hybridized carbons (Fsp3) is 1.00. The molecule has 0 aromatic carbocycles. The molecule has 0 rings (SSSR count). The molecule has 1 heteroatoms. The molecule has 0 heterocycles. The Hall–Kier alpha value is 0.0649. The van der Waals surface area contributed by atoms with Gasteiger partial charge in [0.2, 0.25) is 0 Å². The van der Waals surface area contributed by atoms with Crippen molar-refractivity contribution in [3.8, 4) is 0 Å². The molecule has 0 unspecified atom stereocenters. The summed E-state index contributed by atoms with van der Waals surface area (Å²) in [6, 6.07) is 0. The van der Waals surface area contributed by atoms with Gasteiger partial charge in [-0.25, -0.2) is 0 Å². The van der Waals surface area contributed by atoms with Crippen LogP contribution in [0.3, 0.4) is 0 Å². The zero-order chi connectivity index (χ0) is 10.9. The van der Waals surface area contributed by atoms with Crippen LogP contribution in [0, 0.1) is 16.2 Å². The maximum Gasteiger partial charge on any atom is 0.118 e. The third-order valence-corrected chi connectivity index (χ3v) is 4.44. The second kappa shape index (κ2) is 3.67. The Bertz CT molecular complexity index is 160. The first kappa shape index (κ1) is 13.1. The van der Waals surface area contributed by atoms with Gasteiger partial charge in [-0.05, 0) is 16.2 Å². The summed E-state index contributed by atoms with van der Waals surface area (Å²) in [5.74, 6) is 0. The van der Waals surface area contributed by atoms with Gasteiger partial charge in [0.15, 0.2) is 0 Å². The van der Waals surface area contributed by atoms with Crippen LogP contribution in [0.4, 0.5) is 0 Å². The molecule has 0 aliphatic heterocycles. The molecule has 0 saturated heterocycles. The van der Waals surface area contributed by atoms with Crippen molar-refractivity contribution in [3.63, 3.8) is 0 Å². The van der Waals surface area contributed by atoms with Crippen molar-refractivity contribution in [3.05, 3.63) is 0 Å². The fourth-order valence-electron chi connectivity index (χ4n) is 1.95. The highest BCUT2D eigenvalue weighted by atomic mass is 14.5. The van der Waals surface area contributed by atoms with Gasteiger partial charge in [0.1, 0.15) is 7.28 Å². The molecule has 0 aliphatic carbocycles. The summed E-state index contributed by atoms with van der Waals surface area (Å²) in [5.41, 5.74) is 1.20.